The van der Waals surface area contributed by atoms with Gasteiger partial charge in [0.25, 0.3) is 0 Å². The number of carbonyl (C=O) groups is 4. The smallest absolute Gasteiger partial charge is 0.331 e. The number of carboxylic acids is 2. The first-order valence-corrected chi connectivity index (χ1v) is 17.0. The molecule has 0 aliphatic carbocycles. The van der Waals surface area contributed by atoms with Gasteiger partial charge in [0.05, 0.1) is 19.3 Å². The number of rotatable bonds is 17. The third-order valence-corrected chi connectivity index (χ3v) is 9.03. The first kappa shape index (κ1) is 41.4. The van der Waals surface area contributed by atoms with Gasteiger partial charge >= 0.3 is 23.9 Å². The maximum atomic E-state index is 13.0. The number of carbonyl (C=O) groups excluding carboxylic acids is 2. The molecule has 2 rings (SSSR count). The SMILES string of the molecule is CCCCCC1(OC(=O)C=CC(=O)OC)CCC2(CCC(C)C(CC=C(C)C=CC(O)C(C)C=CC(=O)O)O2)OC1C=CC(C)=CC(=O)O. The summed E-state index contributed by atoms with van der Waals surface area (Å²) < 4.78 is 24.3. The summed E-state index contributed by atoms with van der Waals surface area (Å²) in [7, 11) is 1.22. The lowest BCUT2D eigenvalue weighted by Crippen LogP contribution is -2.59. The van der Waals surface area contributed by atoms with E-state index in [1.807, 2.05) is 13.0 Å². The van der Waals surface area contributed by atoms with Crippen molar-refractivity contribution in [2.45, 2.75) is 122 Å². The number of esters is 2. The number of carboxylic acid groups (broad SMARTS) is 2. The van der Waals surface area contributed by atoms with E-state index < -0.39 is 47.5 Å². The van der Waals surface area contributed by atoms with Gasteiger partial charge in [0.1, 0.15) is 11.7 Å². The summed E-state index contributed by atoms with van der Waals surface area (Å²) in [5, 5.41) is 28.5. The number of methoxy groups -OCH3 is 1. The molecule has 2 heterocycles. The highest BCUT2D eigenvalue weighted by molar-refractivity contribution is 5.91. The van der Waals surface area contributed by atoms with Crippen LogP contribution in [0.5, 0.6) is 0 Å². The molecule has 2 aliphatic heterocycles. The van der Waals surface area contributed by atoms with Gasteiger partial charge in [-0.3, -0.25) is 0 Å². The van der Waals surface area contributed by atoms with Crippen LogP contribution in [0.4, 0.5) is 0 Å². The summed E-state index contributed by atoms with van der Waals surface area (Å²) in [5.74, 6) is -4.64. The highest BCUT2D eigenvalue weighted by Crippen LogP contribution is 2.48. The fraction of sp³-hybridized carbons (Fsp3) is 0.579. The second-order valence-electron chi connectivity index (χ2n) is 13.1. The van der Waals surface area contributed by atoms with E-state index in [2.05, 4.69) is 18.6 Å². The predicted octanol–water partition coefficient (Wildman–Crippen LogP) is 6.39. The van der Waals surface area contributed by atoms with Crippen molar-refractivity contribution in [1.82, 2.24) is 0 Å². The van der Waals surface area contributed by atoms with Crippen LogP contribution < -0.4 is 0 Å². The van der Waals surface area contributed by atoms with Gasteiger partial charge < -0.3 is 34.3 Å². The second kappa shape index (κ2) is 20.0. The number of hydrogen-bond acceptors (Lipinski definition) is 9. The molecule has 2 fully saturated rings. The van der Waals surface area contributed by atoms with Crippen LogP contribution in [0.25, 0.3) is 0 Å². The molecular formula is C38H54O11. The van der Waals surface area contributed by atoms with Crippen molar-refractivity contribution in [3.63, 3.8) is 0 Å². The van der Waals surface area contributed by atoms with Gasteiger partial charge in [-0.2, -0.15) is 0 Å². The number of hydrogen-bond donors (Lipinski definition) is 3. The molecule has 49 heavy (non-hydrogen) atoms. The zero-order valence-electron chi connectivity index (χ0n) is 29.6. The molecule has 7 unspecified atom stereocenters. The van der Waals surface area contributed by atoms with Crippen LogP contribution >= 0.6 is 0 Å². The van der Waals surface area contributed by atoms with Crippen molar-refractivity contribution in [3.8, 4) is 0 Å². The van der Waals surface area contributed by atoms with Gasteiger partial charge in [0.15, 0.2) is 5.79 Å². The first-order chi connectivity index (χ1) is 23.1. The summed E-state index contributed by atoms with van der Waals surface area (Å²) in [4.78, 5) is 46.8. The van der Waals surface area contributed by atoms with E-state index >= 15 is 0 Å². The first-order valence-electron chi connectivity index (χ1n) is 17.0. The Kier molecular flexibility index (Phi) is 16.9. The minimum absolute atomic E-state index is 0.184. The Hall–Kier alpha value is -3.80. The van der Waals surface area contributed by atoms with Gasteiger partial charge in [0.2, 0.25) is 0 Å². The molecular weight excluding hydrogens is 632 g/mol. The monoisotopic (exact) mass is 686 g/mol. The number of aliphatic hydroxyl groups excluding tert-OH is 1. The molecule has 11 nitrogen and oxygen atoms in total. The Bertz CT molecular complexity index is 1320. The largest absolute Gasteiger partial charge is 0.478 e. The van der Waals surface area contributed by atoms with E-state index in [-0.39, 0.29) is 17.9 Å². The third kappa shape index (κ3) is 13.9. The summed E-state index contributed by atoms with van der Waals surface area (Å²) in [6, 6.07) is 0. The number of unbranched alkanes of at least 4 members (excludes halogenated alkanes) is 2. The molecule has 0 radical (unpaired) electrons. The van der Waals surface area contributed by atoms with Crippen molar-refractivity contribution in [2.75, 3.05) is 7.11 Å². The molecule has 272 valence electrons. The van der Waals surface area contributed by atoms with Gasteiger partial charge in [-0.1, -0.05) is 75.6 Å². The highest BCUT2D eigenvalue weighted by Gasteiger charge is 2.54. The van der Waals surface area contributed by atoms with Crippen LogP contribution in [-0.4, -0.2) is 76.0 Å². The standard InChI is InChI=1S/C38H54O11/c1-7-8-9-21-37(49-36(45)19-18-35(44)46-6)23-24-38(48-32(37)16-12-27(3)25-34(42)43)22-20-29(5)31(47-38)15-11-26(2)10-14-30(39)28(4)13-17-33(40)41/h10-14,16-19,25,28-32,39H,7-9,15,20-24H2,1-6H3,(H,40,41)(H,42,43). The molecule has 1 spiro atoms. The van der Waals surface area contributed by atoms with Crippen molar-refractivity contribution >= 4 is 23.9 Å². The molecule has 0 bridgehead atoms. The number of ether oxygens (including phenoxy) is 4. The van der Waals surface area contributed by atoms with Crippen LogP contribution in [0.2, 0.25) is 0 Å². The average Bonchev–Trinajstić information content (AvgIpc) is 3.05. The summed E-state index contributed by atoms with van der Waals surface area (Å²) in [5.41, 5.74) is 0.313. The Labute approximate surface area is 290 Å². The number of aliphatic carboxylic acids is 2. The Morgan fingerprint density at radius 3 is 2.27 bits per heavy atom. The van der Waals surface area contributed by atoms with E-state index in [9.17, 15) is 29.4 Å². The van der Waals surface area contributed by atoms with Crippen molar-refractivity contribution in [3.05, 3.63) is 71.9 Å². The second-order valence-corrected chi connectivity index (χ2v) is 13.1. The van der Waals surface area contributed by atoms with Crippen molar-refractivity contribution < 1.29 is 53.4 Å². The van der Waals surface area contributed by atoms with Crippen LogP contribution in [-0.2, 0) is 38.1 Å². The minimum atomic E-state index is -1.08. The Morgan fingerprint density at radius 1 is 0.898 bits per heavy atom. The molecule has 0 amide bonds. The van der Waals surface area contributed by atoms with Gasteiger partial charge in [-0.25, -0.2) is 19.2 Å². The van der Waals surface area contributed by atoms with E-state index in [0.29, 0.717) is 37.7 Å². The summed E-state index contributed by atoms with van der Waals surface area (Å²) in [6.45, 7) is 9.52. The number of allylic oxidation sites excluding steroid dienone is 4. The van der Waals surface area contributed by atoms with Crippen LogP contribution in [0.3, 0.4) is 0 Å². The van der Waals surface area contributed by atoms with Crippen LogP contribution in [0.1, 0.15) is 92.4 Å². The molecule has 3 N–H and O–H groups in total. The lowest BCUT2D eigenvalue weighted by Gasteiger charge is -2.53. The highest BCUT2D eigenvalue weighted by atomic mass is 16.7. The molecule has 7 atom stereocenters. The fourth-order valence-corrected chi connectivity index (χ4v) is 5.96. The predicted molar refractivity (Wildman–Crippen MR) is 184 cm³/mol. The van der Waals surface area contributed by atoms with Crippen LogP contribution in [0, 0.1) is 11.8 Å². The van der Waals surface area contributed by atoms with E-state index in [0.717, 1.165) is 55.6 Å². The van der Waals surface area contributed by atoms with Gasteiger partial charge in [-0.05, 0) is 57.4 Å². The maximum Gasteiger partial charge on any atom is 0.331 e. The zero-order chi connectivity index (χ0) is 36.6. The number of aliphatic hydroxyl groups is 1. The van der Waals surface area contributed by atoms with Gasteiger partial charge in [-0.15, -0.1) is 0 Å². The molecule has 0 aromatic rings. The molecule has 0 aromatic heterocycles. The summed E-state index contributed by atoms with van der Waals surface area (Å²) >= 11 is 0. The minimum Gasteiger partial charge on any atom is -0.478 e. The zero-order valence-corrected chi connectivity index (χ0v) is 29.6. The van der Waals surface area contributed by atoms with Gasteiger partial charge in [0, 0.05) is 43.1 Å². The lowest BCUT2D eigenvalue weighted by molar-refractivity contribution is -0.344. The van der Waals surface area contributed by atoms with Crippen molar-refractivity contribution in [2.24, 2.45) is 11.8 Å². The molecule has 0 aromatic carbocycles. The lowest BCUT2D eigenvalue weighted by atomic mass is 9.78. The van der Waals surface area contributed by atoms with E-state index in [4.69, 9.17) is 19.3 Å². The Morgan fingerprint density at radius 2 is 1.61 bits per heavy atom. The van der Waals surface area contributed by atoms with E-state index in [1.165, 1.54) is 13.2 Å². The van der Waals surface area contributed by atoms with E-state index in [1.54, 1.807) is 38.2 Å². The summed E-state index contributed by atoms with van der Waals surface area (Å²) in [6.07, 6.45) is 18.7. The topological polar surface area (TPSA) is 166 Å². The molecule has 2 saturated heterocycles. The normalized spacial score (nSPS) is 28.0. The third-order valence-electron chi connectivity index (χ3n) is 9.03. The quantitative estimate of drug-likeness (QED) is 0.0672. The van der Waals surface area contributed by atoms with Crippen LogP contribution in [0.15, 0.2) is 71.9 Å². The molecule has 2 aliphatic rings. The fourth-order valence-electron chi connectivity index (χ4n) is 5.96. The Balaban J connectivity index is 2.35. The molecule has 11 heteroatoms. The van der Waals surface area contributed by atoms with Crippen molar-refractivity contribution in [1.29, 1.82) is 0 Å². The average molecular weight is 687 g/mol. The maximum absolute atomic E-state index is 13.0. The molecule has 0 saturated carbocycles.